The fraction of sp³-hybridized carbons (Fsp3) is 0.353. The maximum atomic E-state index is 8.93. The van der Waals surface area contributed by atoms with Gasteiger partial charge < -0.3 is 10.5 Å². The monoisotopic (exact) mass is 268 g/mol. The second kappa shape index (κ2) is 6.40. The molecule has 3 heteroatoms. The van der Waals surface area contributed by atoms with Crippen LogP contribution in [0.3, 0.4) is 0 Å². The van der Waals surface area contributed by atoms with Crippen LogP contribution in [0, 0.1) is 11.3 Å². The molecule has 0 saturated heterocycles. The van der Waals surface area contributed by atoms with Crippen LogP contribution in [0.4, 0.5) is 0 Å². The number of ether oxygens (including phenoxy) is 1. The Morgan fingerprint density at radius 1 is 1.25 bits per heavy atom. The molecule has 0 radical (unpaired) electrons. The van der Waals surface area contributed by atoms with Crippen molar-refractivity contribution in [2.24, 2.45) is 5.73 Å². The zero-order valence-electron chi connectivity index (χ0n) is 12.0. The predicted octanol–water partition coefficient (Wildman–Crippen LogP) is 3.41. The summed E-state index contributed by atoms with van der Waals surface area (Å²) in [6.07, 6.45) is 1.20. The van der Waals surface area contributed by atoms with E-state index in [0.29, 0.717) is 0 Å². The van der Waals surface area contributed by atoms with Gasteiger partial charge in [-0.15, -0.1) is 0 Å². The Kier molecular flexibility index (Phi) is 4.60. The minimum absolute atomic E-state index is 0.0977. The Hall–Kier alpha value is -2.05. The number of hydrogen-bond donors (Lipinski definition) is 1. The summed E-state index contributed by atoms with van der Waals surface area (Å²) in [7, 11) is 0. The molecular formula is C17H20N2O. The van der Waals surface area contributed by atoms with Gasteiger partial charge in [0.15, 0.2) is 6.10 Å². The lowest BCUT2D eigenvalue weighted by molar-refractivity contribution is 0.273. The van der Waals surface area contributed by atoms with E-state index in [1.807, 2.05) is 24.3 Å². The maximum absolute atomic E-state index is 8.93. The molecular weight excluding hydrogens is 248 g/mol. The average Bonchev–Trinajstić information content (AvgIpc) is 2.49. The standard InChI is InChI=1S/C17H20N2O/c1-3-14(19)10-16-15-7-5-4-6-13(15)8-9-17(16)20-12(2)11-18/h4-9,12,14H,3,10,19H2,1-2H3. The van der Waals surface area contributed by atoms with Crippen molar-refractivity contribution < 1.29 is 4.74 Å². The Bertz CT molecular complexity index is 630. The Labute approximate surface area is 120 Å². The van der Waals surface area contributed by atoms with E-state index in [2.05, 4.69) is 25.1 Å². The number of rotatable bonds is 5. The Morgan fingerprint density at radius 3 is 2.70 bits per heavy atom. The lowest BCUT2D eigenvalue weighted by Crippen LogP contribution is -2.22. The highest BCUT2D eigenvalue weighted by atomic mass is 16.5. The summed E-state index contributed by atoms with van der Waals surface area (Å²) in [5.41, 5.74) is 7.20. The van der Waals surface area contributed by atoms with E-state index in [1.54, 1.807) is 6.92 Å². The van der Waals surface area contributed by atoms with Gasteiger partial charge in [-0.1, -0.05) is 37.3 Å². The summed E-state index contributed by atoms with van der Waals surface area (Å²) in [6, 6.07) is 14.4. The van der Waals surface area contributed by atoms with Crippen LogP contribution in [0.2, 0.25) is 0 Å². The van der Waals surface area contributed by atoms with E-state index >= 15 is 0 Å². The van der Waals surface area contributed by atoms with Crippen molar-refractivity contribution in [2.75, 3.05) is 0 Å². The molecule has 0 aliphatic rings. The van der Waals surface area contributed by atoms with Crippen molar-refractivity contribution in [1.82, 2.24) is 0 Å². The summed E-state index contributed by atoms with van der Waals surface area (Å²) >= 11 is 0. The van der Waals surface area contributed by atoms with Gasteiger partial charge in [0.2, 0.25) is 0 Å². The summed E-state index contributed by atoms with van der Waals surface area (Å²) in [5.74, 6) is 0.765. The maximum Gasteiger partial charge on any atom is 0.181 e. The number of fused-ring (bicyclic) bond motifs is 1. The average molecular weight is 268 g/mol. The smallest absolute Gasteiger partial charge is 0.181 e. The van der Waals surface area contributed by atoms with Crippen LogP contribution in [0.1, 0.15) is 25.8 Å². The fourth-order valence-electron chi connectivity index (χ4n) is 2.26. The predicted molar refractivity (Wildman–Crippen MR) is 81.6 cm³/mol. The minimum Gasteiger partial charge on any atom is -0.476 e. The van der Waals surface area contributed by atoms with E-state index in [-0.39, 0.29) is 6.04 Å². The molecule has 2 aromatic carbocycles. The lowest BCUT2D eigenvalue weighted by atomic mass is 9.97. The molecule has 0 aliphatic carbocycles. The van der Waals surface area contributed by atoms with Crippen molar-refractivity contribution in [3.63, 3.8) is 0 Å². The third-order valence-electron chi connectivity index (χ3n) is 3.47. The number of nitrogens with two attached hydrogens (primary N) is 1. The summed E-state index contributed by atoms with van der Waals surface area (Å²) < 4.78 is 5.73. The number of nitriles is 1. The van der Waals surface area contributed by atoms with Gasteiger partial charge in [-0.05, 0) is 36.6 Å². The van der Waals surface area contributed by atoms with Gasteiger partial charge in [0, 0.05) is 11.6 Å². The first kappa shape index (κ1) is 14.4. The Balaban J connectivity index is 2.50. The molecule has 20 heavy (non-hydrogen) atoms. The fourth-order valence-corrected chi connectivity index (χ4v) is 2.26. The van der Waals surface area contributed by atoms with E-state index < -0.39 is 6.10 Å². The molecule has 0 fully saturated rings. The van der Waals surface area contributed by atoms with Gasteiger partial charge in [0.05, 0.1) is 0 Å². The highest BCUT2D eigenvalue weighted by Gasteiger charge is 2.13. The van der Waals surface area contributed by atoms with Gasteiger partial charge in [-0.3, -0.25) is 0 Å². The number of nitrogens with zero attached hydrogens (tertiary/aromatic N) is 1. The lowest BCUT2D eigenvalue weighted by Gasteiger charge is -2.17. The second-order valence-electron chi connectivity index (χ2n) is 5.03. The van der Waals surface area contributed by atoms with Crippen LogP contribution in [-0.2, 0) is 6.42 Å². The molecule has 2 rings (SSSR count). The third-order valence-corrected chi connectivity index (χ3v) is 3.47. The first-order chi connectivity index (χ1) is 9.65. The molecule has 0 amide bonds. The molecule has 0 bridgehead atoms. The van der Waals surface area contributed by atoms with E-state index in [0.717, 1.165) is 29.5 Å². The van der Waals surface area contributed by atoms with Gasteiger partial charge in [0.1, 0.15) is 11.8 Å². The molecule has 2 unspecified atom stereocenters. The van der Waals surface area contributed by atoms with Crippen molar-refractivity contribution in [3.05, 3.63) is 42.0 Å². The quantitative estimate of drug-likeness (QED) is 0.904. The van der Waals surface area contributed by atoms with Gasteiger partial charge in [0.25, 0.3) is 0 Å². The van der Waals surface area contributed by atoms with Crippen LogP contribution < -0.4 is 10.5 Å². The van der Waals surface area contributed by atoms with Gasteiger partial charge in [-0.25, -0.2) is 0 Å². The van der Waals surface area contributed by atoms with Gasteiger partial charge in [-0.2, -0.15) is 5.26 Å². The first-order valence-corrected chi connectivity index (χ1v) is 6.98. The van der Waals surface area contributed by atoms with Crippen molar-refractivity contribution in [3.8, 4) is 11.8 Å². The SMILES string of the molecule is CCC(N)Cc1c(OC(C)C#N)ccc2ccccc12. The number of benzene rings is 2. The topological polar surface area (TPSA) is 59.0 Å². The van der Waals surface area contributed by atoms with Crippen LogP contribution >= 0.6 is 0 Å². The molecule has 0 saturated carbocycles. The van der Waals surface area contributed by atoms with Crippen molar-refractivity contribution in [2.45, 2.75) is 38.8 Å². The highest BCUT2D eigenvalue weighted by molar-refractivity contribution is 5.87. The summed E-state index contributed by atoms with van der Waals surface area (Å²) in [5, 5.41) is 11.2. The van der Waals surface area contributed by atoms with Crippen LogP contribution in [-0.4, -0.2) is 12.1 Å². The first-order valence-electron chi connectivity index (χ1n) is 6.98. The van der Waals surface area contributed by atoms with Crippen LogP contribution in [0.15, 0.2) is 36.4 Å². The molecule has 2 N–H and O–H groups in total. The normalized spacial score (nSPS) is 13.7. The zero-order chi connectivity index (χ0) is 14.5. The molecule has 0 spiro atoms. The zero-order valence-corrected chi connectivity index (χ0v) is 12.0. The van der Waals surface area contributed by atoms with E-state index in [4.69, 9.17) is 15.7 Å². The molecule has 2 atom stereocenters. The van der Waals surface area contributed by atoms with E-state index in [1.165, 1.54) is 5.39 Å². The van der Waals surface area contributed by atoms with Crippen LogP contribution in [0.25, 0.3) is 10.8 Å². The second-order valence-corrected chi connectivity index (χ2v) is 5.03. The highest BCUT2D eigenvalue weighted by Crippen LogP contribution is 2.30. The largest absolute Gasteiger partial charge is 0.476 e. The molecule has 2 aromatic rings. The van der Waals surface area contributed by atoms with Gasteiger partial charge >= 0.3 is 0 Å². The van der Waals surface area contributed by atoms with E-state index in [9.17, 15) is 0 Å². The molecule has 104 valence electrons. The summed E-state index contributed by atoms with van der Waals surface area (Å²) in [6.45, 7) is 3.83. The van der Waals surface area contributed by atoms with Crippen LogP contribution in [0.5, 0.6) is 5.75 Å². The molecule has 0 heterocycles. The third kappa shape index (κ3) is 3.09. The minimum atomic E-state index is -0.465. The number of hydrogen-bond acceptors (Lipinski definition) is 3. The molecule has 0 aromatic heterocycles. The van der Waals surface area contributed by atoms with Crippen molar-refractivity contribution in [1.29, 1.82) is 5.26 Å². The molecule has 3 nitrogen and oxygen atoms in total. The van der Waals surface area contributed by atoms with Crippen molar-refractivity contribution >= 4 is 10.8 Å². The Morgan fingerprint density at radius 2 is 2.00 bits per heavy atom. The molecule has 0 aliphatic heterocycles. The summed E-state index contributed by atoms with van der Waals surface area (Å²) in [4.78, 5) is 0.